The summed E-state index contributed by atoms with van der Waals surface area (Å²) >= 11 is 0. The molecule has 1 heterocycles. The van der Waals surface area contributed by atoms with E-state index in [1.807, 2.05) is 39.0 Å². The monoisotopic (exact) mass is 302 g/mol. The second kappa shape index (κ2) is 7.17. The average Bonchev–Trinajstić information content (AvgIpc) is 2.98. The maximum Gasteiger partial charge on any atom is 0.257 e. The lowest BCUT2D eigenvalue weighted by atomic mass is 10.1. The SMILES string of the molecule is CCCC(N)C(=O)Nc1cc(-c2nc(CC)no2)ccc1C. The summed E-state index contributed by atoms with van der Waals surface area (Å²) in [6, 6.07) is 5.14. The Hall–Kier alpha value is -2.21. The molecular formula is C16H22N4O2. The third-order valence-electron chi connectivity index (χ3n) is 3.46. The molecule has 3 N–H and O–H groups in total. The Morgan fingerprint density at radius 2 is 2.18 bits per heavy atom. The molecule has 0 spiro atoms. The van der Waals surface area contributed by atoms with Crippen LogP contribution in [-0.2, 0) is 11.2 Å². The fourth-order valence-corrected chi connectivity index (χ4v) is 2.07. The van der Waals surface area contributed by atoms with Gasteiger partial charge >= 0.3 is 0 Å². The number of aryl methyl sites for hydroxylation is 2. The largest absolute Gasteiger partial charge is 0.334 e. The molecule has 118 valence electrons. The lowest BCUT2D eigenvalue weighted by Gasteiger charge is -2.13. The van der Waals surface area contributed by atoms with Crippen molar-refractivity contribution < 1.29 is 9.32 Å². The lowest BCUT2D eigenvalue weighted by Crippen LogP contribution is -2.35. The van der Waals surface area contributed by atoms with Crippen molar-refractivity contribution in [2.75, 3.05) is 5.32 Å². The minimum absolute atomic E-state index is 0.179. The zero-order valence-corrected chi connectivity index (χ0v) is 13.2. The van der Waals surface area contributed by atoms with Crippen molar-refractivity contribution in [2.45, 2.75) is 46.1 Å². The van der Waals surface area contributed by atoms with Crippen molar-refractivity contribution in [3.8, 4) is 11.5 Å². The number of rotatable bonds is 6. The molecule has 6 heteroatoms. The van der Waals surface area contributed by atoms with Crippen LogP contribution in [0.2, 0.25) is 0 Å². The van der Waals surface area contributed by atoms with Crippen molar-refractivity contribution in [1.82, 2.24) is 10.1 Å². The number of nitrogens with one attached hydrogen (secondary N) is 1. The molecule has 1 unspecified atom stereocenters. The highest BCUT2D eigenvalue weighted by molar-refractivity contribution is 5.95. The van der Waals surface area contributed by atoms with Gasteiger partial charge in [-0.1, -0.05) is 31.5 Å². The molecule has 0 aliphatic rings. The van der Waals surface area contributed by atoms with Gasteiger partial charge in [0.2, 0.25) is 5.91 Å². The molecule has 0 bridgehead atoms. The molecule has 0 saturated carbocycles. The van der Waals surface area contributed by atoms with E-state index in [2.05, 4.69) is 15.5 Å². The van der Waals surface area contributed by atoms with E-state index >= 15 is 0 Å². The Labute approximate surface area is 130 Å². The topological polar surface area (TPSA) is 94.0 Å². The van der Waals surface area contributed by atoms with E-state index in [0.717, 1.165) is 17.5 Å². The van der Waals surface area contributed by atoms with Crippen LogP contribution in [0.3, 0.4) is 0 Å². The molecule has 1 amide bonds. The Bertz CT molecular complexity index is 651. The van der Waals surface area contributed by atoms with Crippen LogP contribution in [0.4, 0.5) is 5.69 Å². The average molecular weight is 302 g/mol. The Balaban J connectivity index is 2.21. The maximum atomic E-state index is 12.1. The van der Waals surface area contributed by atoms with Gasteiger partial charge in [0.25, 0.3) is 5.89 Å². The van der Waals surface area contributed by atoms with Gasteiger partial charge in [0.05, 0.1) is 6.04 Å². The van der Waals surface area contributed by atoms with Gasteiger partial charge in [-0.05, 0) is 31.0 Å². The molecule has 0 saturated heterocycles. The van der Waals surface area contributed by atoms with Crippen molar-refractivity contribution in [1.29, 1.82) is 0 Å². The van der Waals surface area contributed by atoms with Crippen molar-refractivity contribution >= 4 is 11.6 Å². The number of benzene rings is 1. The van der Waals surface area contributed by atoms with Crippen LogP contribution in [0.25, 0.3) is 11.5 Å². The van der Waals surface area contributed by atoms with E-state index in [4.69, 9.17) is 10.3 Å². The summed E-state index contributed by atoms with van der Waals surface area (Å²) < 4.78 is 5.23. The highest BCUT2D eigenvalue weighted by Crippen LogP contribution is 2.24. The molecule has 0 aliphatic heterocycles. The standard InChI is InChI=1S/C16H22N4O2/c1-4-6-12(17)15(21)18-13-9-11(8-7-10(13)3)16-19-14(5-2)20-22-16/h7-9,12H,4-6,17H2,1-3H3,(H,18,21). The summed E-state index contributed by atoms with van der Waals surface area (Å²) in [5.41, 5.74) is 8.29. The van der Waals surface area contributed by atoms with Crippen LogP contribution in [0.1, 0.15) is 38.1 Å². The van der Waals surface area contributed by atoms with Crippen LogP contribution >= 0.6 is 0 Å². The van der Waals surface area contributed by atoms with Gasteiger partial charge in [0.1, 0.15) is 0 Å². The van der Waals surface area contributed by atoms with Gasteiger partial charge in [-0.2, -0.15) is 4.98 Å². The summed E-state index contributed by atoms with van der Waals surface area (Å²) in [4.78, 5) is 16.4. The van der Waals surface area contributed by atoms with Gasteiger partial charge in [-0.25, -0.2) is 0 Å². The summed E-state index contributed by atoms with van der Waals surface area (Å²) in [5, 5.41) is 6.76. The number of carbonyl (C=O) groups excluding carboxylic acids is 1. The molecular weight excluding hydrogens is 280 g/mol. The van der Waals surface area contributed by atoms with Crippen molar-refractivity contribution in [3.05, 3.63) is 29.6 Å². The summed E-state index contributed by atoms with van der Waals surface area (Å²) in [7, 11) is 0. The van der Waals surface area contributed by atoms with E-state index in [1.165, 1.54) is 0 Å². The van der Waals surface area contributed by atoms with Gasteiger partial charge in [-0.3, -0.25) is 4.79 Å². The Morgan fingerprint density at radius 3 is 2.82 bits per heavy atom. The second-order valence-electron chi connectivity index (χ2n) is 5.28. The van der Waals surface area contributed by atoms with Crippen LogP contribution in [-0.4, -0.2) is 22.1 Å². The Kier molecular flexibility index (Phi) is 5.27. The normalized spacial score (nSPS) is 12.2. The number of hydrogen-bond acceptors (Lipinski definition) is 5. The molecule has 2 aromatic rings. The van der Waals surface area contributed by atoms with Gasteiger partial charge < -0.3 is 15.6 Å². The van der Waals surface area contributed by atoms with E-state index in [0.29, 0.717) is 30.2 Å². The van der Waals surface area contributed by atoms with Crippen LogP contribution < -0.4 is 11.1 Å². The smallest absolute Gasteiger partial charge is 0.257 e. The molecule has 22 heavy (non-hydrogen) atoms. The number of anilines is 1. The van der Waals surface area contributed by atoms with Crippen LogP contribution in [0.15, 0.2) is 22.7 Å². The number of carbonyl (C=O) groups is 1. The number of nitrogens with zero attached hydrogens (tertiary/aromatic N) is 2. The molecule has 6 nitrogen and oxygen atoms in total. The summed E-state index contributed by atoms with van der Waals surface area (Å²) in [6.07, 6.45) is 2.24. The molecule has 1 aromatic heterocycles. The third-order valence-corrected chi connectivity index (χ3v) is 3.46. The number of amides is 1. The Morgan fingerprint density at radius 1 is 1.41 bits per heavy atom. The van der Waals surface area contributed by atoms with Crippen LogP contribution in [0, 0.1) is 6.92 Å². The fraction of sp³-hybridized carbons (Fsp3) is 0.438. The molecule has 0 aliphatic carbocycles. The highest BCUT2D eigenvalue weighted by Gasteiger charge is 2.15. The summed E-state index contributed by atoms with van der Waals surface area (Å²) in [6.45, 7) is 5.89. The lowest BCUT2D eigenvalue weighted by molar-refractivity contribution is -0.117. The molecule has 2 rings (SSSR count). The minimum atomic E-state index is -0.497. The first kappa shape index (κ1) is 16.2. The first-order valence-electron chi connectivity index (χ1n) is 7.55. The fourth-order valence-electron chi connectivity index (χ4n) is 2.07. The minimum Gasteiger partial charge on any atom is -0.334 e. The molecule has 0 fully saturated rings. The van der Waals surface area contributed by atoms with E-state index < -0.39 is 6.04 Å². The van der Waals surface area contributed by atoms with Crippen molar-refractivity contribution in [3.63, 3.8) is 0 Å². The van der Waals surface area contributed by atoms with E-state index in [-0.39, 0.29) is 5.91 Å². The van der Waals surface area contributed by atoms with Gasteiger partial charge in [0.15, 0.2) is 5.82 Å². The zero-order valence-electron chi connectivity index (χ0n) is 13.2. The van der Waals surface area contributed by atoms with Crippen LogP contribution in [0.5, 0.6) is 0 Å². The zero-order chi connectivity index (χ0) is 16.1. The molecule has 1 atom stereocenters. The second-order valence-corrected chi connectivity index (χ2v) is 5.28. The maximum absolute atomic E-state index is 12.1. The van der Waals surface area contributed by atoms with Gasteiger partial charge in [0, 0.05) is 17.7 Å². The number of hydrogen-bond donors (Lipinski definition) is 2. The summed E-state index contributed by atoms with van der Waals surface area (Å²) in [5.74, 6) is 0.929. The number of nitrogens with two attached hydrogens (primary N) is 1. The first-order valence-corrected chi connectivity index (χ1v) is 7.55. The predicted octanol–water partition coefficient (Wildman–Crippen LogP) is 2.67. The predicted molar refractivity (Wildman–Crippen MR) is 85.4 cm³/mol. The van der Waals surface area contributed by atoms with E-state index in [1.54, 1.807) is 0 Å². The van der Waals surface area contributed by atoms with E-state index in [9.17, 15) is 4.79 Å². The molecule has 0 radical (unpaired) electrons. The van der Waals surface area contributed by atoms with Crippen molar-refractivity contribution in [2.24, 2.45) is 5.73 Å². The molecule has 1 aromatic carbocycles. The highest BCUT2D eigenvalue weighted by atomic mass is 16.5. The van der Waals surface area contributed by atoms with Gasteiger partial charge in [-0.15, -0.1) is 0 Å². The first-order chi connectivity index (χ1) is 10.5. The quantitative estimate of drug-likeness (QED) is 0.855. The third kappa shape index (κ3) is 3.71. The number of aromatic nitrogens is 2.